The molecule has 5 nitrogen and oxygen atoms in total. The standard InChI is InChI=1S/C26H22N2O3/c1-2-18-11-12-20(27-16-18)9-5-3-4-7-19-8-6-10-22-23(19)17-28(26(22)31)24-14-13-21(29)15-25(24)30/h1,6,8,10-12,16,24H,3,5,9,13-15,17H2. The molecular formula is C26H22N2O3. The third-order valence-electron chi connectivity index (χ3n) is 5.76. The first-order chi connectivity index (χ1) is 15.1. The number of ketones is 2. The predicted molar refractivity (Wildman–Crippen MR) is 116 cm³/mol. The quantitative estimate of drug-likeness (QED) is 0.441. The van der Waals surface area contributed by atoms with Crippen LogP contribution in [0.15, 0.2) is 36.5 Å². The van der Waals surface area contributed by atoms with E-state index in [1.807, 2.05) is 24.3 Å². The number of aromatic nitrogens is 1. The summed E-state index contributed by atoms with van der Waals surface area (Å²) in [6.07, 6.45) is 10.1. The van der Waals surface area contributed by atoms with Crippen LogP contribution in [0.4, 0.5) is 0 Å². The molecule has 1 amide bonds. The Bertz CT molecular complexity index is 1150. The van der Waals surface area contributed by atoms with Crippen LogP contribution in [-0.4, -0.2) is 33.4 Å². The molecule has 1 aliphatic carbocycles. The second-order valence-corrected chi connectivity index (χ2v) is 7.84. The predicted octanol–water partition coefficient (Wildman–Crippen LogP) is 3.08. The molecule has 0 spiro atoms. The minimum atomic E-state index is -0.508. The lowest BCUT2D eigenvalue weighted by molar-refractivity contribution is -0.133. The SMILES string of the molecule is C#Cc1ccc(CCCC#Cc2cccc3c2CN(C2CCC(=O)CC2=O)C3=O)nc1. The van der Waals surface area contributed by atoms with Gasteiger partial charge in [-0.3, -0.25) is 19.4 Å². The lowest BCUT2D eigenvalue weighted by Crippen LogP contribution is -2.44. The van der Waals surface area contributed by atoms with Crippen LogP contribution in [0.3, 0.4) is 0 Å². The molecule has 31 heavy (non-hydrogen) atoms. The highest BCUT2D eigenvalue weighted by Gasteiger charge is 2.39. The first-order valence-corrected chi connectivity index (χ1v) is 10.4. The van der Waals surface area contributed by atoms with Crippen LogP contribution < -0.4 is 0 Å². The molecule has 0 radical (unpaired) electrons. The Kier molecular flexibility index (Phi) is 5.96. The number of nitrogens with zero attached hydrogens (tertiary/aromatic N) is 2. The molecule has 1 aliphatic heterocycles. The van der Waals surface area contributed by atoms with Gasteiger partial charge in [0.25, 0.3) is 5.91 Å². The van der Waals surface area contributed by atoms with Gasteiger partial charge in [0, 0.05) is 48.0 Å². The van der Waals surface area contributed by atoms with Crippen LogP contribution in [0.1, 0.15) is 64.8 Å². The van der Waals surface area contributed by atoms with Crippen molar-refractivity contribution in [3.05, 3.63) is 64.5 Å². The van der Waals surface area contributed by atoms with E-state index in [2.05, 4.69) is 22.7 Å². The van der Waals surface area contributed by atoms with Gasteiger partial charge in [-0.2, -0.15) is 0 Å². The van der Waals surface area contributed by atoms with Gasteiger partial charge in [-0.15, -0.1) is 6.42 Å². The van der Waals surface area contributed by atoms with Gasteiger partial charge in [0.1, 0.15) is 5.78 Å². The molecular weight excluding hydrogens is 388 g/mol. The molecule has 0 bridgehead atoms. The summed E-state index contributed by atoms with van der Waals surface area (Å²) in [5.74, 6) is 8.60. The van der Waals surface area contributed by atoms with E-state index in [1.54, 1.807) is 17.2 Å². The highest BCUT2D eigenvalue weighted by Crippen LogP contribution is 2.30. The van der Waals surface area contributed by atoms with Gasteiger partial charge in [-0.1, -0.05) is 23.8 Å². The Hall–Kier alpha value is -3.70. The average Bonchev–Trinajstić information content (AvgIpc) is 3.11. The number of benzene rings is 1. The Labute approximate surface area is 181 Å². The molecule has 1 aromatic heterocycles. The molecule has 0 N–H and O–H groups in total. The number of carbonyl (C=O) groups is 3. The number of carbonyl (C=O) groups excluding carboxylic acids is 3. The first kappa shape index (κ1) is 20.6. The molecule has 2 aliphatic rings. The maximum absolute atomic E-state index is 12.9. The van der Waals surface area contributed by atoms with Gasteiger partial charge in [0.15, 0.2) is 5.78 Å². The largest absolute Gasteiger partial charge is 0.324 e. The number of fused-ring (bicyclic) bond motifs is 1. The summed E-state index contributed by atoms with van der Waals surface area (Å²) in [7, 11) is 0. The van der Waals surface area contributed by atoms with Crippen molar-refractivity contribution in [2.75, 3.05) is 0 Å². The van der Waals surface area contributed by atoms with Crippen molar-refractivity contribution in [3.8, 4) is 24.2 Å². The zero-order chi connectivity index (χ0) is 21.8. The van der Waals surface area contributed by atoms with Gasteiger partial charge >= 0.3 is 0 Å². The molecule has 1 saturated carbocycles. The molecule has 1 fully saturated rings. The van der Waals surface area contributed by atoms with Crippen molar-refractivity contribution < 1.29 is 14.4 Å². The normalized spacial score (nSPS) is 17.7. The fourth-order valence-corrected chi connectivity index (χ4v) is 4.09. The van der Waals surface area contributed by atoms with Crippen LogP contribution >= 0.6 is 0 Å². The number of pyridine rings is 1. The lowest BCUT2D eigenvalue weighted by atomic mass is 9.92. The zero-order valence-corrected chi connectivity index (χ0v) is 17.2. The van der Waals surface area contributed by atoms with Crippen LogP contribution in [0.2, 0.25) is 0 Å². The van der Waals surface area contributed by atoms with Crippen LogP contribution in [-0.2, 0) is 22.6 Å². The molecule has 5 heteroatoms. The number of hydrogen-bond acceptors (Lipinski definition) is 4. The van der Waals surface area contributed by atoms with Crippen LogP contribution in [0.25, 0.3) is 0 Å². The van der Waals surface area contributed by atoms with Gasteiger partial charge in [0.05, 0.1) is 12.5 Å². The first-order valence-electron chi connectivity index (χ1n) is 10.4. The van der Waals surface area contributed by atoms with E-state index in [1.165, 1.54) is 0 Å². The minimum absolute atomic E-state index is 0.0424. The summed E-state index contributed by atoms with van der Waals surface area (Å²) in [6.45, 7) is 0.370. The van der Waals surface area contributed by atoms with Gasteiger partial charge in [0.2, 0.25) is 0 Å². The second kappa shape index (κ2) is 8.98. The Morgan fingerprint density at radius 3 is 2.77 bits per heavy atom. The van der Waals surface area contributed by atoms with Crippen molar-refractivity contribution in [2.24, 2.45) is 0 Å². The van der Waals surface area contributed by atoms with E-state index in [9.17, 15) is 14.4 Å². The number of amides is 1. The van der Waals surface area contributed by atoms with Crippen LogP contribution in [0, 0.1) is 24.2 Å². The summed E-state index contributed by atoms with van der Waals surface area (Å²) in [4.78, 5) is 42.7. The van der Waals surface area contributed by atoms with Crippen molar-refractivity contribution in [3.63, 3.8) is 0 Å². The number of terminal acetylenes is 1. The molecule has 154 valence electrons. The fraction of sp³-hybridized carbons (Fsp3) is 0.308. The number of unbranched alkanes of at least 4 members (excludes halogenated alkanes) is 1. The Balaban J connectivity index is 1.40. The summed E-state index contributed by atoms with van der Waals surface area (Å²) in [5, 5.41) is 0. The number of aryl methyl sites for hydroxylation is 1. The Morgan fingerprint density at radius 2 is 2.03 bits per heavy atom. The van der Waals surface area contributed by atoms with Crippen LogP contribution in [0.5, 0.6) is 0 Å². The van der Waals surface area contributed by atoms with E-state index < -0.39 is 6.04 Å². The van der Waals surface area contributed by atoms with Gasteiger partial charge in [-0.25, -0.2) is 0 Å². The molecule has 0 saturated heterocycles. The number of rotatable bonds is 4. The van der Waals surface area contributed by atoms with Crippen molar-refractivity contribution in [1.29, 1.82) is 0 Å². The third kappa shape index (κ3) is 4.42. The van der Waals surface area contributed by atoms with Crippen molar-refractivity contribution in [1.82, 2.24) is 9.88 Å². The molecule has 1 atom stereocenters. The Morgan fingerprint density at radius 1 is 1.16 bits per heavy atom. The summed E-state index contributed by atoms with van der Waals surface area (Å²) < 4.78 is 0. The third-order valence-corrected chi connectivity index (χ3v) is 5.76. The summed E-state index contributed by atoms with van der Waals surface area (Å²) >= 11 is 0. The molecule has 1 aromatic carbocycles. The van der Waals surface area contributed by atoms with E-state index in [0.29, 0.717) is 31.4 Å². The zero-order valence-electron chi connectivity index (χ0n) is 17.2. The number of hydrogen-bond donors (Lipinski definition) is 0. The van der Waals surface area contributed by atoms with E-state index in [-0.39, 0.29) is 23.9 Å². The molecule has 2 aromatic rings. The van der Waals surface area contributed by atoms with E-state index in [0.717, 1.165) is 35.2 Å². The van der Waals surface area contributed by atoms with Crippen molar-refractivity contribution in [2.45, 2.75) is 51.1 Å². The maximum Gasteiger partial charge on any atom is 0.255 e. The van der Waals surface area contributed by atoms with E-state index >= 15 is 0 Å². The van der Waals surface area contributed by atoms with Gasteiger partial charge < -0.3 is 4.90 Å². The summed E-state index contributed by atoms with van der Waals surface area (Å²) in [5.41, 5.74) is 4.06. The summed E-state index contributed by atoms with van der Waals surface area (Å²) in [6, 6.07) is 8.84. The smallest absolute Gasteiger partial charge is 0.255 e. The van der Waals surface area contributed by atoms with Crippen molar-refractivity contribution >= 4 is 17.5 Å². The van der Waals surface area contributed by atoms with Gasteiger partial charge in [-0.05, 0) is 49.1 Å². The second-order valence-electron chi connectivity index (χ2n) is 7.84. The fourth-order valence-electron chi connectivity index (χ4n) is 4.09. The highest BCUT2D eigenvalue weighted by atomic mass is 16.2. The molecule has 1 unspecified atom stereocenters. The topological polar surface area (TPSA) is 67.3 Å². The maximum atomic E-state index is 12.9. The lowest BCUT2D eigenvalue weighted by Gasteiger charge is -2.29. The highest BCUT2D eigenvalue weighted by molar-refractivity contribution is 6.07. The molecule has 2 heterocycles. The van der Waals surface area contributed by atoms with E-state index in [4.69, 9.17) is 6.42 Å². The minimum Gasteiger partial charge on any atom is -0.324 e. The average molecular weight is 410 g/mol. The number of Topliss-reactive ketones (excluding diaryl/α,β-unsaturated/α-hetero) is 2. The molecule has 4 rings (SSSR count). The monoisotopic (exact) mass is 410 g/mol.